The lowest BCUT2D eigenvalue weighted by molar-refractivity contribution is -0.149. The summed E-state index contributed by atoms with van der Waals surface area (Å²) in [5.41, 5.74) is 4.59. The van der Waals surface area contributed by atoms with Crippen LogP contribution in [0.3, 0.4) is 0 Å². The zero-order valence-corrected chi connectivity index (χ0v) is 12.0. The third-order valence-electron chi connectivity index (χ3n) is 3.62. The minimum absolute atomic E-state index is 0.123. The molecule has 0 saturated heterocycles. The summed E-state index contributed by atoms with van der Waals surface area (Å²) in [5.74, 6) is -1.17. The summed E-state index contributed by atoms with van der Waals surface area (Å²) in [5, 5.41) is 11.9. The molecule has 0 aromatic rings. The molecule has 18 heavy (non-hydrogen) atoms. The third kappa shape index (κ3) is 3.98. The van der Waals surface area contributed by atoms with Gasteiger partial charge in [-0.3, -0.25) is 9.59 Å². The van der Waals surface area contributed by atoms with Gasteiger partial charge in [0, 0.05) is 6.54 Å². The topological polar surface area (TPSA) is 92.4 Å². The van der Waals surface area contributed by atoms with E-state index in [-0.39, 0.29) is 17.9 Å². The first-order chi connectivity index (χ1) is 8.10. The van der Waals surface area contributed by atoms with Gasteiger partial charge in [0.25, 0.3) is 0 Å². The quantitative estimate of drug-likeness (QED) is 0.671. The van der Waals surface area contributed by atoms with E-state index in [9.17, 15) is 14.7 Å². The van der Waals surface area contributed by atoms with Gasteiger partial charge in [0.15, 0.2) is 0 Å². The second kappa shape index (κ2) is 6.18. The van der Waals surface area contributed by atoms with Crippen LogP contribution in [0, 0.1) is 10.8 Å². The average Bonchev–Trinajstić information content (AvgIpc) is 2.28. The second-order valence-electron chi connectivity index (χ2n) is 5.85. The lowest BCUT2D eigenvalue weighted by Crippen LogP contribution is -2.52. The normalized spacial score (nSPS) is 14.1. The molecule has 4 N–H and O–H groups in total. The number of hydrogen-bond acceptors (Lipinski definition) is 3. The molecular formula is C13H26N2O3. The molecule has 0 spiro atoms. The molecule has 0 radical (unpaired) electrons. The van der Waals surface area contributed by atoms with Crippen LogP contribution in [0.1, 0.15) is 47.5 Å². The van der Waals surface area contributed by atoms with Crippen molar-refractivity contribution in [1.29, 1.82) is 0 Å². The van der Waals surface area contributed by atoms with Gasteiger partial charge in [0.2, 0.25) is 5.91 Å². The zero-order valence-electron chi connectivity index (χ0n) is 12.0. The van der Waals surface area contributed by atoms with Crippen LogP contribution in [0.4, 0.5) is 0 Å². The molecule has 0 aliphatic heterocycles. The number of hydrogen-bond donors (Lipinski definition) is 3. The van der Waals surface area contributed by atoms with Crippen LogP contribution in [0.25, 0.3) is 0 Å². The van der Waals surface area contributed by atoms with E-state index in [2.05, 4.69) is 5.32 Å². The number of carbonyl (C=O) groups excluding carboxylic acids is 1. The van der Waals surface area contributed by atoms with Crippen LogP contribution in [0.5, 0.6) is 0 Å². The maximum absolute atomic E-state index is 11.9. The maximum atomic E-state index is 11.9. The van der Waals surface area contributed by atoms with Gasteiger partial charge in [0.05, 0.1) is 11.5 Å². The first-order valence-corrected chi connectivity index (χ1v) is 6.37. The van der Waals surface area contributed by atoms with E-state index >= 15 is 0 Å². The molecule has 0 aliphatic rings. The van der Waals surface area contributed by atoms with Gasteiger partial charge in [-0.15, -0.1) is 0 Å². The summed E-state index contributed by atoms with van der Waals surface area (Å²) >= 11 is 0. The number of carboxylic acids is 1. The first kappa shape index (κ1) is 16.9. The van der Waals surface area contributed by atoms with Crippen molar-refractivity contribution < 1.29 is 14.7 Å². The Morgan fingerprint density at radius 2 is 1.67 bits per heavy atom. The Hall–Kier alpha value is -1.10. The summed E-state index contributed by atoms with van der Waals surface area (Å²) in [4.78, 5) is 23.1. The minimum Gasteiger partial charge on any atom is -0.481 e. The number of amides is 1. The van der Waals surface area contributed by atoms with Crippen molar-refractivity contribution in [2.75, 3.05) is 6.54 Å². The smallest absolute Gasteiger partial charge is 0.311 e. The number of carbonyl (C=O) groups is 2. The zero-order chi connectivity index (χ0) is 14.6. The Morgan fingerprint density at radius 3 is 1.94 bits per heavy atom. The van der Waals surface area contributed by atoms with Crippen LogP contribution in [-0.4, -0.2) is 29.6 Å². The molecular weight excluding hydrogens is 232 g/mol. The average molecular weight is 258 g/mol. The Bertz CT molecular complexity index is 304. The fourth-order valence-corrected chi connectivity index (χ4v) is 1.64. The molecule has 0 unspecified atom stereocenters. The van der Waals surface area contributed by atoms with Crippen LogP contribution >= 0.6 is 0 Å². The number of aliphatic carboxylic acids is 1. The third-order valence-corrected chi connectivity index (χ3v) is 3.62. The van der Waals surface area contributed by atoms with E-state index in [0.717, 1.165) is 0 Å². The molecule has 0 saturated carbocycles. The summed E-state index contributed by atoms with van der Waals surface area (Å²) < 4.78 is 0. The van der Waals surface area contributed by atoms with E-state index in [1.165, 1.54) is 0 Å². The van der Waals surface area contributed by atoms with Crippen LogP contribution in [0.15, 0.2) is 0 Å². The van der Waals surface area contributed by atoms with Gasteiger partial charge in [-0.2, -0.15) is 0 Å². The minimum atomic E-state index is -0.896. The number of carboxylic acid groups (broad SMARTS) is 1. The molecule has 0 aromatic heterocycles. The largest absolute Gasteiger partial charge is 0.481 e. The van der Waals surface area contributed by atoms with Crippen LogP contribution in [0.2, 0.25) is 0 Å². The highest BCUT2D eigenvalue weighted by atomic mass is 16.4. The molecule has 5 nitrogen and oxygen atoms in total. The molecule has 1 amide bonds. The van der Waals surface area contributed by atoms with E-state index < -0.39 is 17.4 Å². The van der Waals surface area contributed by atoms with E-state index in [0.29, 0.717) is 12.8 Å². The van der Waals surface area contributed by atoms with Crippen molar-refractivity contribution in [3.05, 3.63) is 0 Å². The standard InChI is InChI=1S/C13H26N2O3/c1-6-13(7-2,11(17)18)8-15-10(16)9(14)12(3,4)5/h9H,6-8,14H2,1-5H3,(H,15,16)(H,17,18)/t9-/m0/s1. The first-order valence-electron chi connectivity index (χ1n) is 6.37. The van der Waals surface area contributed by atoms with Gasteiger partial charge in [0.1, 0.15) is 0 Å². The maximum Gasteiger partial charge on any atom is 0.311 e. The SMILES string of the molecule is CCC(CC)(CNC(=O)[C@H](N)C(C)(C)C)C(=O)O. The highest BCUT2D eigenvalue weighted by Crippen LogP contribution is 2.26. The molecule has 0 aromatic carbocycles. The number of nitrogens with two attached hydrogens (primary N) is 1. The Kier molecular flexibility index (Phi) is 5.80. The van der Waals surface area contributed by atoms with Crippen molar-refractivity contribution in [2.45, 2.75) is 53.5 Å². The molecule has 0 heterocycles. The van der Waals surface area contributed by atoms with Gasteiger partial charge in [-0.05, 0) is 18.3 Å². The van der Waals surface area contributed by atoms with Crippen molar-refractivity contribution >= 4 is 11.9 Å². The Morgan fingerprint density at radius 1 is 1.22 bits per heavy atom. The van der Waals surface area contributed by atoms with Crippen molar-refractivity contribution in [2.24, 2.45) is 16.6 Å². The number of rotatable bonds is 6. The lowest BCUT2D eigenvalue weighted by atomic mass is 9.81. The lowest BCUT2D eigenvalue weighted by Gasteiger charge is -2.30. The molecule has 0 bridgehead atoms. The van der Waals surface area contributed by atoms with Gasteiger partial charge >= 0.3 is 5.97 Å². The van der Waals surface area contributed by atoms with Gasteiger partial charge in [-0.1, -0.05) is 34.6 Å². The molecule has 106 valence electrons. The molecule has 0 fully saturated rings. The summed E-state index contributed by atoms with van der Waals surface area (Å²) in [6.07, 6.45) is 0.952. The Balaban J connectivity index is 4.65. The van der Waals surface area contributed by atoms with Gasteiger partial charge < -0.3 is 16.2 Å². The molecule has 5 heteroatoms. The van der Waals surface area contributed by atoms with E-state index in [1.54, 1.807) is 0 Å². The fraction of sp³-hybridized carbons (Fsp3) is 0.846. The Labute approximate surface area is 109 Å². The predicted octanol–water partition coefficient (Wildman–Crippen LogP) is 1.37. The molecule has 0 rings (SSSR count). The molecule has 1 atom stereocenters. The summed E-state index contributed by atoms with van der Waals surface area (Å²) in [7, 11) is 0. The van der Waals surface area contributed by atoms with Gasteiger partial charge in [-0.25, -0.2) is 0 Å². The highest BCUT2D eigenvalue weighted by molar-refractivity contribution is 5.83. The van der Waals surface area contributed by atoms with Crippen molar-refractivity contribution in [3.63, 3.8) is 0 Å². The van der Waals surface area contributed by atoms with Crippen molar-refractivity contribution in [1.82, 2.24) is 5.32 Å². The monoisotopic (exact) mass is 258 g/mol. The fourth-order valence-electron chi connectivity index (χ4n) is 1.64. The van der Waals surface area contributed by atoms with E-state index in [4.69, 9.17) is 5.73 Å². The predicted molar refractivity (Wildman–Crippen MR) is 71.1 cm³/mol. The summed E-state index contributed by atoms with van der Waals surface area (Å²) in [6.45, 7) is 9.38. The molecule has 0 aliphatic carbocycles. The van der Waals surface area contributed by atoms with Crippen molar-refractivity contribution in [3.8, 4) is 0 Å². The highest BCUT2D eigenvalue weighted by Gasteiger charge is 2.36. The second-order valence-corrected chi connectivity index (χ2v) is 5.85. The summed E-state index contributed by atoms with van der Waals surface area (Å²) in [6, 6.07) is -0.641. The van der Waals surface area contributed by atoms with Crippen LogP contribution in [-0.2, 0) is 9.59 Å². The van der Waals surface area contributed by atoms with E-state index in [1.807, 2.05) is 34.6 Å². The number of nitrogens with one attached hydrogen (secondary N) is 1. The van der Waals surface area contributed by atoms with Crippen LogP contribution < -0.4 is 11.1 Å².